The summed E-state index contributed by atoms with van der Waals surface area (Å²) in [6.07, 6.45) is 10.2. The molecule has 7 nitrogen and oxygen atoms in total. The Labute approximate surface area is 174 Å². The SMILES string of the molecule is CCCc1ncc(-c2ccncc2)c(C2CCCCN2C(=O)c2snnc2C)n1. The van der Waals surface area contributed by atoms with Crippen LogP contribution in [0.1, 0.15) is 65.5 Å². The van der Waals surface area contributed by atoms with Crippen molar-refractivity contribution in [2.75, 3.05) is 6.54 Å². The minimum Gasteiger partial charge on any atom is -0.329 e. The zero-order chi connectivity index (χ0) is 20.2. The van der Waals surface area contributed by atoms with Crippen LogP contribution in [-0.2, 0) is 6.42 Å². The van der Waals surface area contributed by atoms with Gasteiger partial charge in [-0.15, -0.1) is 5.10 Å². The highest BCUT2D eigenvalue weighted by atomic mass is 32.1. The van der Waals surface area contributed by atoms with Crippen LogP contribution in [0.3, 0.4) is 0 Å². The van der Waals surface area contributed by atoms with Crippen molar-refractivity contribution in [2.45, 2.75) is 52.0 Å². The van der Waals surface area contributed by atoms with Gasteiger partial charge in [0.05, 0.1) is 17.4 Å². The molecule has 1 saturated heterocycles. The van der Waals surface area contributed by atoms with Gasteiger partial charge in [0.25, 0.3) is 5.91 Å². The van der Waals surface area contributed by atoms with E-state index in [1.54, 1.807) is 12.4 Å². The number of aromatic nitrogens is 5. The lowest BCUT2D eigenvalue weighted by molar-refractivity contribution is 0.0610. The van der Waals surface area contributed by atoms with Gasteiger partial charge in [0.1, 0.15) is 10.7 Å². The van der Waals surface area contributed by atoms with Crippen molar-refractivity contribution in [3.05, 3.63) is 52.8 Å². The van der Waals surface area contributed by atoms with E-state index in [9.17, 15) is 4.79 Å². The smallest absolute Gasteiger partial charge is 0.268 e. The van der Waals surface area contributed by atoms with Gasteiger partial charge in [0.15, 0.2) is 0 Å². The van der Waals surface area contributed by atoms with Gasteiger partial charge < -0.3 is 4.90 Å². The van der Waals surface area contributed by atoms with Gasteiger partial charge in [-0.05, 0) is 61.8 Å². The molecule has 1 amide bonds. The van der Waals surface area contributed by atoms with Crippen LogP contribution in [0.4, 0.5) is 0 Å². The number of likely N-dealkylation sites (tertiary alicyclic amines) is 1. The van der Waals surface area contributed by atoms with Crippen molar-refractivity contribution in [2.24, 2.45) is 0 Å². The Morgan fingerprint density at radius 3 is 2.83 bits per heavy atom. The molecule has 1 aliphatic rings. The number of rotatable bonds is 5. The lowest BCUT2D eigenvalue weighted by Crippen LogP contribution is -2.39. The maximum atomic E-state index is 13.3. The van der Waals surface area contributed by atoms with E-state index in [4.69, 9.17) is 4.98 Å². The summed E-state index contributed by atoms with van der Waals surface area (Å²) >= 11 is 1.17. The summed E-state index contributed by atoms with van der Waals surface area (Å²) in [4.78, 5) is 29.6. The summed E-state index contributed by atoms with van der Waals surface area (Å²) in [7, 11) is 0. The number of carbonyl (C=O) groups is 1. The topological polar surface area (TPSA) is 84.8 Å². The predicted molar refractivity (Wildman–Crippen MR) is 112 cm³/mol. The van der Waals surface area contributed by atoms with Crippen molar-refractivity contribution in [3.63, 3.8) is 0 Å². The molecule has 0 saturated carbocycles. The van der Waals surface area contributed by atoms with Crippen LogP contribution in [0.15, 0.2) is 30.7 Å². The first-order chi connectivity index (χ1) is 14.2. The van der Waals surface area contributed by atoms with Gasteiger partial charge >= 0.3 is 0 Å². The lowest BCUT2D eigenvalue weighted by atomic mass is 9.93. The second kappa shape index (κ2) is 8.73. The van der Waals surface area contributed by atoms with E-state index in [1.807, 2.05) is 30.2 Å². The van der Waals surface area contributed by atoms with Crippen molar-refractivity contribution in [1.82, 2.24) is 29.4 Å². The van der Waals surface area contributed by atoms with Crippen LogP contribution in [0, 0.1) is 6.92 Å². The third kappa shape index (κ3) is 4.03. The average Bonchev–Trinajstić information content (AvgIpc) is 3.20. The Hall–Kier alpha value is -2.74. The first-order valence-corrected chi connectivity index (χ1v) is 10.8. The molecule has 3 aromatic heterocycles. The summed E-state index contributed by atoms with van der Waals surface area (Å²) in [6.45, 7) is 4.67. The van der Waals surface area contributed by atoms with E-state index < -0.39 is 0 Å². The van der Waals surface area contributed by atoms with E-state index >= 15 is 0 Å². The van der Waals surface area contributed by atoms with Crippen molar-refractivity contribution < 1.29 is 4.79 Å². The maximum Gasteiger partial charge on any atom is 0.268 e. The highest BCUT2D eigenvalue weighted by Crippen LogP contribution is 2.36. The van der Waals surface area contributed by atoms with Crippen LogP contribution in [-0.4, -0.2) is 41.9 Å². The van der Waals surface area contributed by atoms with Crippen molar-refractivity contribution in [1.29, 1.82) is 0 Å². The fourth-order valence-electron chi connectivity index (χ4n) is 3.80. The Kier molecular flexibility index (Phi) is 5.89. The zero-order valence-corrected chi connectivity index (χ0v) is 17.5. The molecule has 0 bridgehead atoms. The molecular formula is C21H24N6OS. The molecule has 1 fully saturated rings. The number of hydrogen-bond acceptors (Lipinski definition) is 7. The number of carbonyl (C=O) groups excluding carboxylic acids is 1. The Morgan fingerprint density at radius 1 is 1.28 bits per heavy atom. The second-order valence-electron chi connectivity index (χ2n) is 7.27. The molecule has 4 heterocycles. The number of aryl methyl sites for hydroxylation is 2. The van der Waals surface area contributed by atoms with E-state index in [0.29, 0.717) is 17.1 Å². The van der Waals surface area contributed by atoms with Gasteiger partial charge in [0, 0.05) is 37.1 Å². The van der Waals surface area contributed by atoms with E-state index in [1.165, 1.54) is 11.5 Å². The number of hydrogen-bond donors (Lipinski definition) is 0. The number of pyridine rings is 1. The summed E-state index contributed by atoms with van der Waals surface area (Å²) in [5, 5.41) is 4.02. The summed E-state index contributed by atoms with van der Waals surface area (Å²) in [6, 6.07) is 3.85. The zero-order valence-electron chi connectivity index (χ0n) is 16.7. The molecule has 0 aliphatic carbocycles. The fourth-order valence-corrected chi connectivity index (χ4v) is 4.42. The van der Waals surface area contributed by atoms with E-state index in [2.05, 4.69) is 26.5 Å². The molecule has 8 heteroatoms. The normalized spacial score (nSPS) is 16.8. The molecule has 1 aliphatic heterocycles. The first kappa shape index (κ1) is 19.6. The fraction of sp³-hybridized carbons (Fsp3) is 0.429. The molecule has 3 aromatic rings. The van der Waals surface area contributed by atoms with Crippen LogP contribution in [0.2, 0.25) is 0 Å². The van der Waals surface area contributed by atoms with Crippen molar-refractivity contribution >= 4 is 17.4 Å². The van der Waals surface area contributed by atoms with E-state index in [0.717, 1.165) is 54.7 Å². The van der Waals surface area contributed by atoms with E-state index in [-0.39, 0.29) is 11.9 Å². The summed E-state index contributed by atoms with van der Waals surface area (Å²) in [5.74, 6) is 0.826. The van der Waals surface area contributed by atoms with Gasteiger partial charge in [-0.3, -0.25) is 9.78 Å². The molecule has 0 radical (unpaired) electrons. The highest BCUT2D eigenvalue weighted by molar-refractivity contribution is 7.07. The third-order valence-corrected chi connectivity index (χ3v) is 6.07. The largest absolute Gasteiger partial charge is 0.329 e. The molecule has 4 rings (SSSR count). The Bertz CT molecular complexity index is 990. The molecular weight excluding hydrogens is 384 g/mol. The van der Waals surface area contributed by atoms with Gasteiger partial charge in [-0.2, -0.15) is 0 Å². The van der Waals surface area contributed by atoms with Crippen LogP contribution in [0.25, 0.3) is 11.1 Å². The quantitative estimate of drug-likeness (QED) is 0.634. The maximum absolute atomic E-state index is 13.3. The average molecular weight is 409 g/mol. The van der Waals surface area contributed by atoms with Gasteiger partial charge in [0.2, 0.25) is 0 Å². The number of piperidine rings is 1. The minimum atomic E-state index is -0.0838. The minimum absolute atomic E-state index is 0.00136. The molecule has 29 heavy (non-hydrogen) atoms. The van der Waals surface area contributed by atoms with Gasteiger partial charge in [-0.1, -0.05) is 11.4 Å². The number of amides is 1. The summed E-state index contributed by atoms with van der Waals surface area (Å²) in [5.41, 5.74) is 3.61. The Balaban J connectivity index is 1.78. The van der Waals surface area contributed by atoms with Gasteiger partial charge in [-0.25, -0.2) is 9.97 Å². The number of nitrogens with zero attached hydrogens (tertiary/aromatic N) is 6. The summed E-state index contributed by atoms with van der Waals surface area (Å²) < 4.78 is 3.95. The van der Waals surface area contributed by atoms with Crippen molar-refractivity contribution in [3.8, 4) is 11.1 Å². The predicted octanol–water partition coefficient (Wildman–Crippen LogP) is 4.02. The van der Waals surface area contributed by atoms with Crippen LogP contribution < -0.4 is 0 Å². The molecule has 150 valence electrons. The standard InChI is InChI=1S/C21H24N6OS/c1-3-6-18-23-13-16(15-8-10-22-11-9-15)19(24-18)17-7-4-5-12-27(17)21(28)20-14(2)25-26-29-20/h8-11,13,17H,3-7,12H2,1-2H3. The molecule has 0 spiro atoms. The second-order valence-corrected chi connectivity index (χ2v) is 8.02. The first-order valence-electron chi connectivity index (χ1n) is 10.0. The van der Waals surface area contributed by atoms with Crippen LogP contribution in [0.5, 0.6) is 0 Å². The molecule has 0 N–H and O–H groups in total. The Morgan fingerprint density at radius 2 is 2.10 bits per heavy atom. The third-order valence-electron chi connectivity index (χ3n) is 5.26. The molecule has 1 atom stereocenters. The molecule has 0 aromatic carbocycles. The van der Waals surface area contributed by atoms with Crippen LogP contribution >= 0.6 is 11.5 Å². The highest BCUT2D eigenvalue weighted by Gasteiger charge is 2.33. The monoisotopic (exact) mass is 408 g/mol. The molecule has 1 unspecified atom stereocenters. The lowest BCUT2D eigenvalue weighted by Gasteiger charge is -2.36.